The van der Waals surface area contributed by atoms with Gasteiger partial charge in [0.2, 0.25) is 0 Å². The van der Waals surface area contributed by atoms with Gasteiger partial charge >= 0.3 is 5.97 Å². The highest BCUT2D eigenvalue weighted by molar-refractivity contribution is 5.71. The molecule has 0 heterocycles. The van der Waals surface area contributed by atoms with E-state index < -0.39 is 0 Å². The first-order valence-corrected chi connectivity index (χ1v) is 7.60. The summed E-state index contributed by atoms with van der Waals surface area (Å²) in [5.74, 6) is -0.258. The van der Waals surface area contributed by atoms with Crippen LogP contribution in [-0.2, 0) is 9.53 Å². The van der Waals surface area contributed by atoms with Crippen molar-refractivity contribution in [1.82, 2.24) is 0 Å². The number of nitrogens with two attached hydrogens (primary N) is 1. The Bertz CT molecular complexity index is 664. The highest BCUT2D eigenvalue weighted by atomic mass is 16.5. The van der Waals surface area contributed by atoms with E-state index in [0.29, 0.717) is 6.61 Å². The summed E-state index contributed by atoms with van der Waals surface area (Å²) in [5, 5.41) is 0. The van der Waals surface area contributed by atoms with Gasteiger partial charge in [-0.15, -0.1) is 0 Å². The molecule has 3 nitrogen and oxygen atoms in total. The van der Waals surface area contributed by atoms with Crippen LogP contribution in [0.5, 0.6) is 0 Å². The van der Waals surface area contributed by atoms with Crippen molar-refractivity contribution in [3.05, 3.63) is 59.2 Å². The number of aryl methyl sites for hydroxylation is 2. The molecule has 3 heteroatoms. The van der Waals surface area contributed by atoms with Crippen LogP contribution in [0.25, 0.3) is 11.1 Å². The molecule has 0 aromatic heterocycles. The molecule has 116 valence electrons. The number of ether oxygens (including phenoxy) is 1. The van der Waals surface area contributed by atoms with Crippen LogP contribution < -0.4 is 5.73 Å². The van der Waals surface area contributed by atoms with Gasteiger partial charge in [0.05, 0.1) is 13.0 Å². The van der Waals surface area contributed by atoms with E-state index in [1.54, 1.807) is 6.92 Å². The molecule has 2 aromatic carbocycles. The summed E-state index contributed by atoms with van der Waals surface area (Å²) in [6.07, 6.45) is 0.199. The monoisotopic (exact) mass is 297 g/mol. The molecule has 0 bridgehead atoms. The van der Waals surface area contributed by atoms with Crippen molar-refractivity contribution in [2.75, 3.05) is 6.61 Å². The molecular weight excluding hydrogens is 274 g/mol. The Labute approximate surface area is 132 Å². The molecule has 0 amide bonds. The molecule has 2 rings (SSSR count). The van der Waals surface area contributed by atoms with Crippen LogP contribution in [0.4, 0.5) is 0 Å². The molecule has 0 unspecified atom stereocenters. The minimum absolute atomic E-state index is 0.199. The first kappa shape index (κ1) is 16.2. The van der Waals surface area contributed by atoms with Gasteiger partial charge in [0.15, 0.2) is 0 Å². The van der Waals surface area contributed by atoms with E-state index in [-0.39, 0.29) is 18.4 Å². The third-order valence-corrected chi connectivity index (χ3v) is 3.85. The van der Waals surface area contributed by atoms with Gasteiger partial charge in [-0.05, 0) is 54.7 Å². The van der Waals surface area contributed by atoms with Crippen molar-refractivity contribution in [2.24, 2.45) is 5.73 Å². The summed E-state index contributed by atoms with van der Waals surface area (Å²) in [5.41, 5.74) is 11.9. The minimum atomic E-state index is -0.342. The molecule has 0 aliphatic heterocycles. The predicted molar refractivity (Wildman–Crippen MR) is 89.5 cm³/mol. The van der Waals surface area contributed by atoms with Crippen LogP contribution in [0.1, 0.15) is 36.1 Å². The summed E-state index contributed by atoms with van der Waals surface area (Å²) < 4.78 is 4.96. The maximum Gasteiger partial charge on any atom is 0.307 e. The van der Waals surface area contributed by atoms with E-state index in [9.17, 15) is 4.79 Å². The van der Waals surface area contributed by atoms with E-state index in [0.717, 1.165) is 16.7 Å². The van der Waals surface area contributed by atoms with Crippen LogP contribution in [0, 0.1) is 13.8 Å². The van der Waals surface area contributed by atoms with Gasteiger partial charge < -0.3 is 10.5 Å². The number of carbonyl (C=O) groups is 1. The van der Waals surface area contributed by atoms with Gasteiger partial charge in [0.25, 0.3) is 0 Å². The summed E-state index contributed by atoms with van der Waals surface area (Å²) in [7, 11) is 0. The third-order valence-electron chi connectivity index (χ3n) is 3.85. The van der Waals surface area contributed by atoms with Crippen molar-refractivity contribution >= 4 is 5.97 Å². The van der Waals surface area contributed by atoms with Crippen LogP contribution in [0.2, 0.25) is 0 Å². The lowest BCUT2D eigenvalue weighted by atomic mass is 9.96. The van der Waals surface area contributed by atoms with Crippen LogP contribution >= 0.6 is 0 Å². The van der Waals surface area contributed by atoms with Gasteiger partial charge in [-0.25, -0.2) is 0 Å². The Hall–Kier alpha value is -2.13. The zero-order valence-electron chi connectivity index (χ0n) is 13.4. The molecule has 0 saturated carbocycles. The molecule has 0 saturated heterocycles. The number of esters is 1. The predicted octanol–water partition coefficient (Wildman–Crippen LogP) is 3.92. The Balaban J connectivity index is 2.22. The fraction of sp³-hybridized carbons (Fsp3) is 0.316. The SMILES string of the molecule is CCOC(=O)C[C@H](N)c1cccc(-c2ccc(C)c(C)c2)c1. The number of hydrogen-bond donors (Lipinski definition) is 1. The third kappa shape index (κ3) is 3.95. The lowest BCUT2D eigenvalue weighted by Crippen LogP contribution is -2.17. The molecule has 0 radical (unpaired) electrons. The number of rotatable bonds is 5. The summed E-state index contributed by atoms with van der Waals surface area (Å²) >= 11 is 0. The van der Waals surface area contributed by atoms with Crippen LogP contribution in [-0.4, -0.2) is 12.6 Å². The molecule has 2 aromatic rings. The van der Waals surface area contributed by atoms with Crippen LogP contribution in [0.15, 0.2) is 42.5 Å². The highest BCUT2D eigenvalue weighted by Crippen LogP contribution is 2.25. The first-order chi connectivity index (χ1) is 10.5. The topological polar surface area (TPSA) is 52.3 Å². The van der Waals surface area contributed by atoms with E-state index >= 15 is 0 Å². The molecular formula is C19H23NO2. The zero-order valence-corrected chi connectivity index (χ0v) is 13.4. The van der Waals surface area contributed by atoms with E-state index in [2.05, 4.69) is 38.1 Å². The van der Waals surface area contributed by atoms with Crippen molar-refractivity contribution in [3.63, 3.8) is 0 Å². The molecule has 1 atom stereocenters. The second-order valence-electron chi connectivity index (χ2n) is 5.54. The van der Waals surface area contributed by atoms with E-state index in [1.807, 2.05) is 18.2 Å². The maximum atomic E-state index is 11.6. The number of hydrogen-bond acceptors (Lipinski definition) is 3. The second-order valence-corrected chi connectivity index (χ2v) is 5.54. The first-order valence-electron chi connectivity index (χ1n) is 7.60. The average Bonchev–Trinajstić information content (AvgIpc) is 2.50. The number of carbonyl (C=O) groups excluding carboxylic acids is 1. The largest absolute Gasteiger partial charge is 0.466 e. The Morgan fingerprint density at radius 1 is 1.09 bits per heavy atom. The second kappa shape index (κ2) is 7.23. The lowest BCUT2D eigenvalue weighted by Gasteiger charge is -2.13. The molecule has 0 aliphatic carbocycles. The van der Waals surface area contributed by atoms with Gasteiger partial charge in [0.1, 0.15) is 0 Å². The van der Waals surface area contributed by atoms with Gasteiger partial charge in [-0.2, -0.15) is 0 Å². The Morgan fingerprint density at radius 3 is 2.50 bits per heavy atom. The fourth-order valence-corrected chi connectivity index (χ4v) is 2.39. The normalized spacial score (nSPS) is 12.0. The van der Waals surface area contributed by atoms with Gasteiger partial charge in [-0.3, -0.25) is 4.79 Å². The molecule has 0 fully saturated rings. The molecule has 22 heavy (non-hydrogen) atoms. The smallest absolute Gasteiger partial charge is 0.307 e. The summed E-state index contributed by atoms with van der Waals surface area (Å²) in [4.78, 5) is 11.6. The highest BCUT2D eigenvalue weighted by Gasteiger charge is 2.13. The van der Waals surface area contributed by atoms with Gasteiger partial charge in [0, 0.05) is 6.04 Å². The summed E-state index contributed by atoms with van der Waals surface area (Å²) in [6, 6.07) is 14.1. The maximum absolute atomic E-state index is 11.6. The quantitative estimate of drug-likeness (QED) is 0.851. The summed E-state index contributed by atoms with van der Waals surface area (Å²) in [6.45, 7) is 6.39. The van der Waals surface area contributed by atoms with Crippen molar-refractivity contribution in [2.45, 2.75) is 33.2 Å². The standard InChI is InChI=1S/C19H23NO2/c1-4-22-19(21)12-18(20)17-7-5-6-15(11-17)16-9-8-13(2)14(3)10-16/h5-11,18H,4,12,20H2,1-3H3/t18-/m0/s1. The molecule has 2 N–H and O–H groups in total. The zero-order chi connectivity index (χ0) is 16.1. The Kier molecular flexibility index (Phi) is 5.34. The van der Waals surface area contributed by atoms with E-state index in [4.69, 9.17) is 10.5 Å². The van der Waals surface area contributed by atoms with E-state index in [1.165, 1.54) is 11.1 Å². The molecule has 0 spiro atoms. The van der Waals surface area contributed by atoms with Crippen LogP contribution in [0.3, 0.4) is 0 Å². The lowest BCUT2D eigenvalue weighted by molar-refractivity contribution is -0.143. The van der Waals surface area contributed by atoms with Crippen molar-refractivity contribution in [1.29, 1.82) is 0 Å². The fourth-order valence-electron chi connectivity index (χ4n) is 2.39. The van der Waals surface area contributed by atoms with Crippen molar-refractivity contribution in [3.8, 4) is 11.1 Å². The average molecular weight is 297 g/mol. The molecule has 0 aliphatic rings. The minimum Gasteiger partial charge on any atom is -0.466 e. The van der Waals surface area contributed by atoms with Crippen molar-refractivity contribution < 1.29 is 9.53 Å². The Morgan fingerprint density at radius 2 is 1.82 bits per heavy atom. The van der Waals surface area contributed by atoms with Gasteiger partial charge in [-0.1, -0.05) is 36.4 Å². The number of benzene rings is 2.